The van der Waals surface area contributed by atoms with Gasteiger partial charge >= 0.3 is 5.97 Å². The number of nitrogens with one attached hydrogen (secondary N) is 1. The Labute approximate surface area is 81.4 Å². The zero-order valence-electron chi connectivity index (χ0n) is 7.26. The van der Waals surface area contributed by atoms with Crippen molar-refractivity contribution in [3.05, 3.63) is 33.5 Å². The van der Waals surface area contributed by atoms with Gasteiger partial charge in [0.25, 0.3) is 12.0 Å². The zero-order valence-corrected chi connectivity index (χ0v) is 7.26. The maximum Gasteiger partial charge on any atom is 0.309 e. The predicted octanol–water partition coefficient (Wildman–Crippen LogP) is 1.08. The van der Waals surface area contributed by atoms with Crippen molar-refractivity contribution in [2.75, 3.05) is 0 Å². The number of pyridine rings is 1. The van der Waals surface area contributed by atoms with E-state index in [1.54, 1.807) is 0 Å². The van der Waals surface area contributed by atoms with Crippen LogP contribution in [0.25, 0.3) is 0 Å². The van der Waals surface area contributed by atoms with Crippen molar-refractivity contribution in [1.29, 1.82) is 0 Å². The lowest BCUT2D eigenvalue weighted by Gasteiger charge is -2.02. The fraction of sp³-hybridized carbons (Fsp3) is 0.250. The number of alkyl halides is 2. The van der Waals surface area contributed by atoms with Gasteiger partial charge in [0, 0.05) is 5.69 Å². The third-order valence-electron chi connectivity index (χ3n) is 1.64. The molecule has 7 heteroatoms. The molecule has 0 aromatic carbocycles. The maximum atomic E-state index is 12.9. The average Bonchev–Trinajstić information content (AvgIpc) is 1.99. The van der Waals surface area contributed by atoms with Gasteiger partial charge in [0.1, 0.15) is 11.4 Å². The summed E-state index contributed by atoms with van der Waals surface area (Å²) in [5.74, 6) is -2.69. The Balaban J connectivity index is 3.20. The molecule has 82 valence electrons. The summed E-state index contributed by atoms with van der Waals surface area (Å²) in [6.45, 7) is 0. The van der Waals surface area contributed by atoms with Gasteiger partial charge in [-0.25, -0.2) is 13.2 Å². The van der Waals surface area contributed by atoms with Crippen LogP contribution in [0.4, 0.5) is 13.2 Å². The number of halogens is 3. The first kappa shape index (κ1) is 11.3. The Bertz CT molecular complexity index is 441. The van der Waals surface area contributed by atoms with Crippen molar-refractivity contribution in [3.63, 3.8) is 0 Å². The van der Waals surface area contributed by atoms with Crippen LogP contribution in [0.3, 0.4) is 0 Å². The molecule has 0 saturated carbocycles. The number of hydrogen-bond donors (Lipinski definition) is 2. The van der Waals surface area contributed by atoms with E-state index in [4.69, 9.17) is 5.11 Å². The molecule has 2 N–H and O–H groups in total. The van der Waals surface area contributed by atoms with Crippen LogP contribution in [0.15, 0.2) is 10.9 Å². The second-order valence-corrected chi connectivity index (χ2v) is 2.76. The van der Waals surface area contributed by atoms with Crippen LogP contribution in [-0.4, -0.2) is 16.1 Å². The molecular weight excluding hydrogens is 215 g/mol. The maximum absolute atomic E-state index is 12.9. The molecule has 0 aliphatic rings. The van der Waals surface area contributed by atoms with Crippen molar-refractivity contribution in [3.8, 4) is 0 Å². The minimum Gasteiger partial charge on any atom is -0.481 e. The van der Waals surface area contributed by atoms with Crippen LogP contribution in [0.2, 0.25) is 0 Å². The second-order valence-electron chi connectivity index (χ2n) is 2.76. The monoisotopic (exact) mass is 221 g/mol. The molecule has 1 rings (SSSR count). The molecule has 1 aromatic heterocycles. The van der Waals surface area contributed by atoms with Gasteiger partial charge in [0.15, 0.2) is 0 Å². The molecule has 0 saturated heterocycles. The standard InChI is InChI=1S/C8H6F3NO3/c9-4-1-3(2-5(13)14)12-8(15)6(4)7(10)11/h1,7H,2H2,(H,12,15)(H,13,14). The Kier molecular flexibility index (Phi) is 3.13. The van der Waals surface area contributed by atoms with E-state index in [0.29, 0.717) is 6.07 Å². The summed E-state index contributed by atoms with van der Waals surface area (Å²) < 4.78 is 37.1. The van der Waals surface area contributed by atoms with Gasteiger partial charge in [0.05, 0.1) is 6.42 Å². The first-order valence-electron chi connectivity index (χ1n) is 3.83. The number of aliphatic carboxylic acids is 1. The van der Waals surface area contributed by atoms with Crippen LogP contribution < -0.4 is 5.56 Å². The average molecular weight is 221 g/mol. The summed E-state index contributed by atoms with van der Waals surface area (Å²) >= 11 is 0. The first-order valence-corrected chi connectivity index (χ1v) is 3.83. The highest BCUT2D eigenvalue weighted by atomic mass is 19.3. The molecule has 0 atom stereocenters. The highest BCUT2D eigenvalue weighted by molar-refractivity contribution is 5.69. The number of aromatic amines is 1. The third-order valence-corrected chi connectivity index (χ3v) is 1.64. The van der Waals surface area contributed by atoms with Crippen molar-refractivity contribution in [2.24, 2.45) is 0 Å². The third kappa shape index (κ3) is 2.58. The molecule has 1 heterocycles. The summed E-state index contributed by atoms with van der Waals surface area (Å²) in [5, 5.41) is 8.33. The van der Waals surface area contributed by atoms with Crippen molar-refractivity contribution >= 4 is 5.97 Å². The van der Waals surface area contributed by atoms with Crippen LogP contribution in [0, 0.1) is 5.82 Å². The summed E-state index contributed by atoms with van der Waals surface area (Å²) in [5.41, 5.74) is -2.83. The Morgan fingerprint density at radius 2 is 2.13 bits per heavy atom. The minimum absolute atomic E-state index is 0.255. The number of aromatic nitrogens is 1. The molecule has 4 nitrogen and oxygen atoms in total. The lowest BCUT2D eigenvalue weighted by atomic mass is 10.2. The van der Waals surface area contributed by atoms with E-state index >= 15 is 0 Å². The second kappa shape index (κ2) is 4.16. The van der Waals surface area contributed by atoms with E-state index in [0.717, 1.165) is 0 Å². The van der Waals surface area contributed by atoms with Gasteiger partial charge in [-0.15, -0.1) is 0 Å². The highest BCUT2D eigenvalue weighted by Crippen LogP contribution is 2.17. The number of carboxylic acid groups (broad SMARTS) is 1. The van der Waals surface area contributed by atoms with Crippen molar-refractivity contribution in [2.45, 2.75) is 12.8 Å². The lowest BCUT2D eigenvalue weighted by molar-refractivity contribution is -0.136. The SMILES string of the molecule is O=C(O)Cc1cc(F)c(C(F)F)c(=O)[nH]1. The van der Waals surface area contributed by atoms with Crippen LogP contribution >= 0.6 is 0 Å². The molecule has 0 spiro atoms. The van der Waals surface area contributed by atoms with E-state index in [9.17, 15) is 22.8 Å². The fourth-order valence-corrected chi connectivity index (χ4v) is 1.05. The molecule has 0 unspecified atom stereocenters. The van der Waals surface area contributed by atoms with Crippen LogP contribution in [0.1, 0.15) is 17.7 Å². The molecule has 0 aliphatic carbocycles. The van der Waals surface area contributed by atoms with Gasteiger partial charge < -0.3 is 10.1 Å². The van der Waals surface area contributed by atoms with E-state index < -0.39 is 35.8 Å². The number of rotatable bonds is 3. The van der Waals surface area contributed by atoms with Crippen molar-refractivity contribution < 1.29 is 23.1 Å². The van der Waals surface area contributed by atoms with Gasteiger partial charge in [-0.05, 0) is 6.07 Å². The van der Waals surface area contributed by atoms with Crippen LogP contribution in [0.5, 0.6) is 0 Å². The zero-order chi connectivity index (χ0) is 11.6. The smallest absolute Gasteiger partial charge is 0.309 e. The molecule has 15 heavy (non-hydrogen) atoms. The first-order chi connectivity index (χ1) is 6.91. The summed E-state index contributed by atoms with van der Waals surface area (Å²) in [6.07, 6.45) is -3.86. The summed E-state index contributed by atoms with van der Waals surface area (Å²) in [7, 11) is 0. The minimum atomic E-state index is -3.23. The molecule has 0 radical (unpaired) electrons. The fourth-order valence-electron chi connectivity index (χ4n) is 1.05. The topological polar surface area (TPSA) is 70.2 Å². The normalized spacial score (nSPS) is 10.7. The van der Waals surface area contributed by atoms with E-state index in [2.05, 4.69) is 0 Å². The Morgan fingerprint density at radius 1 is 1.53 bits per heavy atom. The number of H-pyrrole nitrogens is 1. The largest absolute Gasteiger partial charge is 0.481 e. The highest BCUT2D eigenvalue weighted by Gasteiger charge is 2.19. The summed E-state index contributed by atoms with van der Waals surface area (Å²) in [6, 6.07) is 0.580. The van der Waals surface area contributed by atoms with Crippen molar-refractivity contribution in [1.82, 2.24) is 4.98 Å². The number of carbonyl (C=O) groups is 1. The quantitative estimate of drug-likeness (QED) is 0.802. The Morgan fingerprint density at radius 3 is 2.53 bits per heavy atom. The molecule has 0 aliphatic heterocycles. The molecule has 1 aromatic rings. The van der Waals surface area contributed by atoms with E-state index in [1.807, 2.05) is 4.98 Å². The lowest BCUT2D eigenvalue weighted by Crippen LogP contribution is -2.19. The van der Waals surface area contributed by atoms with Gasteiger partial charge in [-0.1, -0.05) is 0 Å². The number of carboxylic acids is 1. The Hall–Kier alpha value is -1.79. The summed E-state index contributed by atoms with van der Waals surface area (Å²) in [4.78, 5) is 23.0. The van der Waals surface area contributed by atoms with Gasteiger partial charge in [-0.3, -0.25) is 9.59 Å². The molecule has 0 bridgehead atoms. The van der Waals surface area contributed by atoms with Crippen LogP contribution in [-0.2, 0) is 11.2 Å². The predicted molar refractivity (Wildman–Crippen MR) is 43.3 cm³/mol. The van der Waals surface area contributed by atoms with Gasteiger partial charge in [-0.2, -0.15) is 0 Å². The molecule has 0 amide bonds. The molecule has 0 fully saturated rings. The van der Waals surface area contributed by atoms with E-state index in [-0.39, 0.29) is 5.69 Å². The van der Waals surface area contributed by atoms with Gasteiger partial charge in [0.2, 0.25) is 0 Å². The molecular formula is C8H6F3NO3. The number of hydrogen-bond acceptors (Lipinski definition) is 2. The van der Waals surface area contributed by atoms with E-state index in [1.165, 1.54) is 0 Å².